The number of aliphatic hydroxyl groups excluding tert-OH is 1. The van der Waals surface area contributed by atoms with Gasteiger partial charge in [0, 0.05) is 0 Å². The zero-order valence-corrected chi connectivity index (χ0v) is 21.2. The summed E-state index contributed by atoms with van der Waals surface area (Å²) in [7, 11) is -5.59. The van der Waals surface area contributed by atoms with Crippen molar-refractivity contribution in [2.24, 2.45) is 0 Å². The second-order valence-corrected chi connectivity index (χ2v) is 25.6. The average molecular weight is 399 g/mol. The van der Waals surface area contributed by atoms with Gasteiger partial charge in [0.25, 0.3) is 0 Å². The number of aliphatic hydroxyl groups is 1. The maximum atomic E-state index is 13.3. The molecule has 0 saturated heterocycles. The van der Waals surface area contributed by atoms with Gasteiger partial charge in [-0.05, 0) is 39.7 Å². The van der Waals surface area contributed by atoms with Gasteiger partial charge in [0.15, 0.2) is 14.1 Å². The van der Waals surface area contributed by atoms with E-state index in [1.54, 1.807) is 0 Å². The topological polar surface area (TPSA) is 46.5 Å². The van der Waals surface area contributed by atoms with E-state index in [9.17, 15) is 9.90 Å². The highest BCUT2D eigenvalue weighted by Crippen LogP contribution is 2.41. The number of allylic oxidation sites excluding steroid dienone is 2. The van der Waals surface area contributed by atoms with Crippen LogP contribution in [-0.4, -0.2) is 48.6 Å². The lowest BCUT2D eigenvalue weighted by molar-refractivity contribution is -0.111. The highest BCUT2D eigenvalue weighted by Gasteiger charge is 2.44. The van der Waals surface area contributed by atoms with Crippen LogP contribution in [0.1, 0.15) is 20.8 Å². The summed E-state index contributed by atoms with van der Waals surface area (Å²) in [5.41, 5.74) is 1.88. The van der Waals surface area contributed by atoms with Crippen LogP contribution < -0.4 is 0 Å². The number of Topliss-reactive ketones (excluding diaryl/α,β-unsaturated/α-hetero) is 1. The Hall–Kier alpha value is -0.279. The Kier molecular flexibility index (Phi) is 6.41. The first-order chi connectivity index (χ1) is 10.9. The molecule has 0 aromatic heterocycles. The Bertz CT molecular complexity index is 609. The summed E-state index contributed by atoms with van der Waals surface area (Å²) in [6.07, 6.45) is 0. The van der Waals surface area contributed by atoms with Crippen molar-refractivity contribution in [1.82, 2.24) is 0 Å². The van der Waals surface area contributed by atoms with E-state index < -0.39 is 24.5 Å². The van der Waals surface area contributed by atoms with Gasteiger partial charge in [-0.25, -0.2) is 0 Å². The molecular formula is C19H38O3Si3. The molecule has 1 N–H and O–H groups in total. The predicted molar refractivity (Wildman–Crippen MR) is 116 cm³/mol. The fourth-order valence-electron chi connectivity index (χ4n) is 3.09. The highest BCUT2D eigenvalue weighted by atomic mass is 28.4. The molecule has 0 unspecified atom stereocenters. The van der Waals surface area contributed by atoms with E-state index in [-0.39, 0.29) is 17.4 Å². The molecule has 0 amide bonds. The maximum absolute atomic E-state index is 13.3. The fraction of sp³-hybridized carbons (Fsp3) is 0.737. The molecule has 0 radical (unpaired) electrons. The van der Waals surface area contributed by atoms with Crippen molar-refractivity contribution in [3.8, 4) is 0 Å². The van der Waals surface area contributed by atoms with E-state index in [0.29, 0.717) is 6.61 Å². The van der Waals surface area contributed by atoms with Gasteiger partial charge in [0.1, 0.15) is 0 Å². The number of carbonyl (C=O) groups is 1. The van der Waals surface area contributed by atoms with Crippen LogP contribution in [0.25, 0.3) is 0 Å². The summed E-state index contributed by atoms with van der Waals surface area (Å²) < 4.78 is 6.47. The van der Waals surface area contributed by atoms with Crippen molar-refractivity contribution in [1.29, 1.82) is 0 Å². The number of ketones is 1. The van der Waals surface area contributed by atoms with Crippen LogP contribution >= 0.6 is 0 Å². The minimum atomic E-state index is -1.92. The zero-order valence-electron chi connectivity index (χ0n) is 18.2. The van der Waals surface area contributed by atoms with E-state index in [2.05, 4.69) is 73.1 Å². The van der Waals surface area contributed by atoms with Crippen molar-refractivity contribution in [3.63, 3.8) is 0 Å². The van der Waals surface area contributed by atoms with E-state index in [4.69, 9.17) is 4.43 Å². The van der Waals surface area contributed by atoms with Gasteiger partial charge >= 0.3 is 0 Å². The van der Waals surface area contributed by atoms with Crippen LogP contribution in [0, 0.1) is 0 Å². The van der Waals surface area contributed by atoms with E-state index >= 15 is 0 Å². The van der Waals surface area contributed by atoms with Crippen LogP contribution in [0.15, 0.2) is 21.5 Å². The third-order valence-corrected chi connectivity index (χ3v) is 14.0. The van der Waals surface area contributed by atoms with E-state index in [1.807, 2.05) is 0 Å². The van der Waals surface area contributed by atoms with Crippen LogP contribution in [0.3, 0.4) is 0 Å². The highest BCUT2D eigenvalue weighted by molar-refractivity contribution is 6.94. The maximum Gasteiger partial charge on any atom is 0.192 e. The third kappa shape index (κ3) is 4.71. The normalized spacial score (nSPS) is 17.8. The molecule has 144 valence electrons. The fourth-order valence-corrected chi connectivity index (χ4v) is 8.03. The molecule has 0 bridgehead atoms. The summed E-state index contributed by atoms with van der Waals surface area (Å²) in [5.74, 6) is 0.205. The predicted octanol–water partition coefficient (Wildman–Crippen LogP) is 4.93. The Labute approximate surface area is 157 Å². The van der Waals surface area contributed by atoms with E-state index in [0.717, 1.165) is 21.5 Å². The summed E-state index contributed by atoms with van der Waals surface area (Å²) in [5, 5.41) is 12.1. The first-order valence-corrected chi connectivity index (χ1v) is 19.1. The van der Waals surface area contributed by atoms with Crippen molar-refractivity contribution in [2.45, 2.75) is 78.2 Å². The van der Waals surface area contributed by atoms with Crippen molar-refractivity contribution < 1.29 is 14.3 Å². The van der Waals surface area contributed by atoms with Gasteiger partial charge in [-0.2, -0.15) is 0 Å². The number of hydrogen-bond donors (Lipinski definition) is 1. The number of rotatable bonds is 6. The van der Waals surface area contributed by atoms with Crippen molar-refractivity contribution in [2.75, 3.05) is 13.2 Å². The van der Waals surface area contributed by atoms with Gasteiger partial charge in [0.2, 0.25) is 0 Å². The second-order valence-electron chi connectivity index (χ2n) is 10.7. The molecule has 25 heavy (non-hydrogen) atoms. The van der Waals surface area contributed by atoms with Crippen molar-refractivity contribution >= 4 is 30.2 Å². The molecule has 1 aliphatic carbocycles. The number of carbonyl (C=O) groups excluding carboxylic acids is 1. The van der Waals surface area contributed by atoms with Crippen LogP contribution in [0.5, 0.6) is 0 Å². The summed E-state index contributed by atoms with van der Waals surface area (Å²) in [6.45, 7) is 24.8. The molecule has 3 nitrogen and oxygen atoms in total. The standard InChI is InChI=1S/C19H38O3Si3/c1-19(2,3)25(10,11)22-13-15-14(12-20)17(23(4,5)6)16(21)18(15)24(7,8)9/h20H,12-13H2,1-11H3. The summed E-state index contributed by atoms with van der Waals surface area (Å²) >= 11 is 0. The summed E-state index contributed by atoms with van der Waals surface area (Å²) in [4.78, 5) is 13.3. The quantitative estimate of drug-likeness (QED) is 0.645. The Morgan fingerprint density at radius 3 is 1.56 bits per heavy atom. The molecular weight excluding hydrogens is 360 g/mol. The van der Waals surface area contributed by atoms with Crippen molar-refractivity contribution in [3.05, 3.63) is 21.5 Å². The molecule has 6 heteroatoms. The first-order valence-electron chi connectivity index (χ1n) is 9.22. The minimum Gasteiger partial charge on any atom is -0.413 e. The molecule has 0 aromatic carbocycles. The smallest absolute Gasteiger partial charge is 0.192 e. The van der Waals surface area contributed by atoms with E-state index in [1.165, 1.54) is 0 Å². The van der Waals surface area contributed by atoms with Gasteiger partial charge in [-0.3, -0.25) is 4.79 Å². The van der Waals surface area contributed by atoms with Crippen LogP contribution in [-0.2, 0) is 9.22 Å². The largest absolute Gasteiger partial charge is 0.413 e. The first kappa shape index (κ1) is 22.8. The molecule has 1 aliphatic rings. The lowest BCUT2D eigenvalue weighted by Gasteiger charge is -2.36. The summed E-state index contributed by atoms with van der Waals surface area (Å²) in [6, 6.07) is 0. The molecule has 0 saturated carbocycles. The van der Waals surface area contributed by atoms with Crippen LogP contribution in [0.4, 0.5) is 0 Å². The Balaban J connectivity index is 3.44. The second kappa shape index (κ2) is 7.04. The molecule has 0 fully saturated rings. The molecule has 0 heterocycles. The SMILES string of the molecule is CC(C)(C)[Si](C)(C)OCC1=C([Si](C)(C)C)C(=O)C([Si](C)(C)C)=C1CO. The lowest BCUT2D eigenvalue weighted by atomic mass is 10.1. The van der Waals surface area contributed by atoms with Crippen LogP contribution in [0.2, 0.25) is 57.4 Å². The van der Waals surface area contributed by atoms with Gasteiger partial charge in [-0.15, -0.1) is 0 Å². The zero-order chi connectivity index (χ0) is 20.0. The van der Waals surface area contributed by atoms with Gasteiger partial charge in [-0.1, -0.05) is 60.1 Å². The minimum absolute atomic E-state index is 0.0600. The Morgan fingerprint density at radius 2 is 1.24 bits per heavy atom. The molecule has 0 aromatic rings. The monoisotopic (exact) mass is 398 g/mol. The molecule has 0 spiro atoms. The Morgan fingerprint density at radius 1 is 0.840 bits per heavy atom. The lowest BCUT2D eigenvalue weighted by Crippen LogP contribution is -2.41. The van der Waals surface area contributed by atoms with Gasteiger partial charge in [0.05, 0.1) is 29.4 Å². The van der Waals surface area contributed by atoms with Gasteiger partial charge < -0.3 is 9.53 Å². The average Bonchev–Trinajstić information content (AvgIpc) is 2.66. The molecule has 1 rings (SSSR count). The number of hydrogen-bond acceptors (Lipinski definition) is 3. The molecule has 0 aliphatic heterocycles. The molecule has 0 atom stereocenters. The third-order valence-electron chi connectivity index (χ3n) is 5.46.